The Balaban J connectivity index is 1.51. The van der Waals surface area contributed by atoms with Crippen LogP contribution >= 0.6 is 0 Å². The monoisotopic (exact) mass is 486 g/mol. The first-order valence-corrected chi connectivity index (χ1v) is 11.0. The van der Waals surface area contributed by atoms with Crippen molar-refractivity contribution in [1.82, 2.24) is 14.5 Å². The number of benzene rings is 2. The second-order valence-corrected chi connectivity index (χ2v) is 8.43. The average Bonchev–Trinajstić information content (AvgIpc) is 3.44. The third kappa shape index (κ3) is 3.82. The van der Waals surface area contributed by atoms with Crippen LogP contribution in [0.15, 0.2) is 65.7 Å². The number of oxime groups is 1. The van der Waals surface area contributed by atoms with Gasteiger partial charge in [0.2, 0.25) is 0 Å². The van der Waals surface area contributed by atoms with Crippen LogP contribution in [0.2, 0.25) is 0 Å². The lowest BCUT2D eigenvalue weighted by Crippen LogP contribution is -2.57. The van der Waals surface area contributed by atoms with Crippen molar-refractivity contribution in [3.8, 4) is 11.4 Å². The number of methoxy groups -OCH3 is 1. The van der Waals surface area contributed by atoms with Crippen LogP contribution in [0.1, 0.15) is 29.7 Å². The zero-order chi connectivity index (χ0) is 24.8. The number of imidazole rings is 1. The maximum absolute atomic E-state index is 14.5. The second-order valence-electron chi connectivity index (χ2n) is 8.43. The van der Waals surface area contributed by atoms with Crippen LogP contribution in [-0.4, -0.2) is 40.1 Å². The molecule has 0 aliphatic carbocycles. The van der Waals surface area contributed by atoms with Crippen molar-refractivity contribution in [1.29, 1.82) is 0 Å². The van der Waals surface area contributed by atoms with Gasteiger partial charge < -0.3 is 19.0 Å². The summed E-state index contributed by atoms with van der Waals surface area (Å²) in [5.74, 6) is 0.0730. The number of fused-ring (bicyclic) bond motifs is 1. The first-order valence-electron chi connectivity index (χ1n) is 11.0. The summed E-state index contributed by atoms with van der Waals surface area (Å²) in [5.41, 5.74) is -0.0428. The maximum Gasteiger partial charge on any atom is 0.456 e. The highest BCUT2D eigenvalue weighted by Gasteiger charge is 2.67. The normalized spacial score (nSPS) is 21.0. The van der Waals surface area contributed by atoms with Crippen LogP contribution in [0.4, 0.5) is 17.6 Å². The maximum atomic E-state index is 14.5. The van der Waals surface area contributed by atoms with Crippen LogP contribution in [0.3, 0.4) is 0 Å². The molecule has 35 heavy (non-hydrogen) atoms. The van der Waals surface area contributed by atoms with E-state index in [0.717, 1.165) is 46.1 Å². The van der Waals surface area contributed by atoms with Crippen LogP contribution in [-0.2, 0) is 10.6 Å². The number of hydrogen-bond donors (Lipinski definition) is 0. The van der Waals surface area contributed by atoms with Crippen molar-refractivity contribution in [2.75, 3.05) is 13.7 Å². The predicted molar refractivity (Wildman–Crippen MR) is 121 cm³/mol. The Morgan fingerprint density at radius 2 is 1.91 bits per heavy atom. The summed E-state index contributed by atoms with van der Waals surface area (Å²) in [7, 11) is 1.55. The number of aromatic nitrogens is 2. The molecular formula is C25H22F4N4O2. The molecule has 0 N–H and O–H groups in total. The highest BCUT2D eigenvalue weighted by molar-refractivity contribution is 6.03. The Morgan fingerprint density at radius 3 is 2.57 bits per heavy atom. The third-order valence-electron chi connectivity index (χ3n) is 6.17. The molecular weight excluding hydrogens is 464 g/mol. The van der Waals surface area contributed by atoms with Crippen LogP contribution in [0, 0.1) is 12.7 Å². The highest BCUT2D eigenvalue weighted by atomic mass is 19.4. The third-order valence-corrected chi connectivity index (χ3v) is 6.17. The number of halogens is 4. The quantitative estimate of drug-likeness (QED) is 0.453. The van der Waals surface area contributed by atoms with Gasteiger partial charge in [-0.05, 0) is 73.4 Å². The van der Waals surface area contributed by atoms with E-state index in [1.54, 1.807) is 19.5 Å². The van der Waals surface area contributed by atoms with Gasteiger partial charge in [-0.25, -0.2) is 9.37 Å². The van der Waals surface area contributed by atoms with Gasteiger partial charge in [-0.1, -0.05) is 11.2 Å². The molecule has 3 aromatic rings. The number of nitrogens with zero attached hydrogens (tertiary/aromatic N) is 4. The number of hydrogen-bond acceptors (Lipinski definition) is 5. The van der Waals surface area contributed by atoms with E-state index in [1.165, 1.54) is 0 Å². The average molecular weight is 486 g/mol. The standard InChI is InChI=1S/C25H22F4N4O2/c1-16-14-32(15-30-16)21-10-5-17(13-22(21)34-2)12-18-4-3-11-33-23(18)31-35-24(33,25(27,28)29)19-6-8-20(26)9-7-19/h5-10,12-15H,3-4,11H2,1-2H3. The van der Waals surface area contributed by atoms with E-state index in [-0.39, 0.29) is 17.9 Å². The van der Waals surface area contributed by atoms with Crippen molar-refractivity contribution in [3.05, 3.63) is 83.2 Å². The van der Waals surface area contributed by atoms with Crippen LogP contribution in [0.5, 0.6) is 5.75 Å². The number of amidine groups is 1. The number of alkyl halides is 3. The molecule has 1 saturated heterocycles. The second kappa shape index (κ2) is 8.44. The molecule has 182 valence electrons. The van der Waals surface area contributed by atoms with Gasteiger partial charge >= 0.3 is 11.9 Å². The molecule has 1 fully saturated rings. The summed E-state index contributed by atoms with van der Waals surface area (Å²) in [6.45, 7) is 1.98. The minimum absolute atomic E-state index is 0.0926. The SMILES string of the molecule is COc1cc(C=C2CCCN3C2=NOC3(c2ccc(F)cc2)C(F)(F)F)ccc1-n1cnc(C)c1. The Kier molecular flexibility index (Phi) is 5.53. The van der Waals surface area contributed by atoms with Gasteiger partial charge in [-0.15, -0.1) is 0 Å². The fraction of sp³-hybridized carbons (Fsp3) is 0.280. The Bertz CT molecular complexity index is 1310. The Labute approximate surface area is 199 Å². The molecule has 0 bridgehead atoms. The van der Waals surface area contributed by atoms with E-state index >= 15 is 0 Å². The zero-order valence-corrected chi connectivity index (χ0v) is 19.0. The minimum atomic E-state index is -4.81. The van der Waals surface area contributed by atoms with E-state index in [4.69, 9.17) is 9.57 Å². The first-order chi connectivity index (χ1) is 16.7. The molecule has 1 aromatic heterocycles. The lowest BCUT2D eigenvalue weighted by atomic mass is 9.94. The Hall–Kier alpha value is -3.82. The molecule has 1 atom stereocenters. The van der Waals surface area contributed by atoms with Gasteiger partial charge in [0, 0.05) is 18.3 Å². The summed E-state index contributed by atoms with van der Waals surface area (Å²) < 4.78 is 64.2. The fourth-order valence-corrected chi connectivity index (χ4v) is 4.53. The zero-order valence-electron chi connectivity index (χ0n) is 19.0. The summed E-state index contributed by atoms with van der Waals surface area (Å²) in [5, 5.41) is 3.88. The molecule has 5 rings (SSSR count). The van der Waals surface area contributed by atoms with E-state index in [9.17, 15) is 17.6 Å². The van der Waals surface area contributed by atoms with Crippen LogP contribution in [0.25, 0.3) is 11.8 Å². The van der Waals surface area contributed by atoms with Crippen molar-refractivity contribution < 1.29 is 27.1 Å². The molecule has 1 unspecified atom stereocenters. The van der Waals surface area contributed by atoms with E-state index in [0.29, 0.717) is 24.2 Å². The number of piperidine rings is 1. The first kappa shape index (κ1) is 22.9. The molecule has 0 saturated carbocycles. The van der Waals surface area contributed by atoms with Crippen LogP contribution < -0.4 is 4.74 Å². The van der Waals surface area contributed by atoms with Crippen molar-refractivity contribution >= 4 is 11.9 Å². The van der Waals surface area contributed by atoms with Gasteiger partial charge in [0.25, 0.3) is 0 Å². The fourth-order valence-electron chi connectivity index (χ4n) is 4.53. The molecule has 0 radical (unpaired) electrons. The molecule has 2 aromatic carbocycles. The van der Waals surface area contributed by atoms with Gasteiger partial charge in [-0.3, -0.25) is 0 Å². The molecule has 2 aliphatic rings. The van der Waals surface area contributed by atoms with Gasteiger partial charge in [0.15, 0.2) is 5.84 Å². The lowest BCUT2D eigenvalue weighted by molar-refractivity contribution is -0.317. The lowest BCUT2D eigenvalue weighted by Gasteiger charge is -2.40. The van der Waals surface area contributed by atoms with Gasteiger partial charge in [0.1, 0.15) is 11.6 Å². The van der Waals surface area contributed by atoms with Gasteiger partial charge in [0.05, 0.1) is 24.8 Å². The summed E-state index contributed by atoms with van der Waals surface area (Å²) in [6, 6.07) is 9.66. The largest absolute Gasteiger partial charge is 0.495 e. The van der Waals surface area contributed by atoms with Crippen molar-refractivity contribution in [3.63, 3.8) is 0 Å². The Morgan fingerprint density at radius 1 is 1.14 bits per heavy atom. The molecule has 0 amide bonds. The van der Waals surface area contributed by atoms with Gasteiger partial charge in [-0.2, -0.15) is 13.2 Å². The molecule has 3 heterocycles. The number of aryl methyl sites for hydroxylation is 1. The summed E-state index contributed by atoms with van der Waals surface area (Å²) >= 11 is 0. The highest BCUT2D eigenvalue weighted by Crippen LogP contribution is 2.50. The molecule has 10 heteroatoms. The molecule has 0 spiro atoms. The van der Waals surface area contributed by atoms with Crippen molar-refractivity contribution in [2.24, 2.45) is 5.16 Å². The predicted octanol–water partition coefficient (Wildman–Crippen LogP) is 5.57. The smallest absolute Gasteiger partial charge is 0.456 e. The number of rotatable bonds is 4. The minimum Gasteiger partial charge on any atom is -0.495 e. The van der Waals surface area contributed by atoms with Crippen molar-refractivity contribution in [2.45, 2.75) is 31.7 Å². The summed E-state index contributed by atoms with van der Waals surface area (Å²) in [6.07, 6.45) is 1.52. The molecule has 6 nitrogen and oxygen atoms in total. The van der Waals surface area contributed by atoms with E-state index < -0.39 is 17.7 Å². The topological polar surface area (TPSA) is 51.9 Å². The number of ether oxygens (including phenoxy) is 1. The van der Waals surface area contributed by atoms with E-state index in [2.05, 4.69) is 10.1 Å². The van der Waals surface area contributed by atoms with E-state index in [1.807, 2.05) is 35.9 Å². The molecule has 2 aliphatic heterocycles. The summed E-state index contributed by atoms with van der Waals surface area (Å²) in [4.78, 5) is 10.5.